The van der Waals surface area contributed by atoms with E-state index in [1.54, 1.807) is 6.92 Å². The number of aliphatic hydroxyl groups excluding tert-OH is 1. The molecule has 0 amide bonds. The van der Waals surface area contributed by atoms with Crippen molar-refractivity contribution in [3.63, 3.8) is 0 Å². The van der Waals surface area contributed by atoms with Gasteiger partial charge in [0.1, 0.15) is 6.10 Å². The number of Topliss-reactive ketones (excluding diaryl/α,β-unsaturated/α-hetero) is 1. The first-order valence-corrected chi connectivity index (χ1v) is 4.54. The van der Waals surface area contributed by atoms with Crippen molar-refractivity contribution in [1.29, 1.82) is 0 Å². The number of carbonyl (C=O) groups excluding carboxylic acids is 1. The van der Waals surface area contributed by atoms with Gasteiger partial charge >= 0.3 is 0 Å². The third-order valence-electron chi connectivity index (χ3n) is 2.13. The lowest BCUT2D eigenvalue weighted by atomic mass is 9.92. The van der Waals surface area contributed by atoms with E-state index in [1.807, 2.05) is 6.92 Å². The SMILES string of the molecule is CC1=C(C#CC(C)O)CCCC1=O. The highest BCUT2D eigenvalue weighted by molar-refractivity contribution is 5.97. The molecule has 0 saturated heterocycles. The third kappa shape index (κ3) is 2.71. The van der Waals surface area contributed by atoms with Gasteiger partial charge in [-0.15, -0.1) is 0 Å². The largest absolute Gasteiger partial charge is 0.381 e. The smallest absolute Gasteiger partial charge is 0.159 e. The number of allylic oxidation sites excluding steroid dienone is 2. The minimum Gasteiger partial charge on any atom is -0.381 e. The Morgan fingerprint density at radius 3 is 2.77 bits per heavy atom. The maximum atomic E-state index is 11.3. The van der Waals surface area contributed by atoms with Crippen molar-refractivity contribution in [2.45, 2.75) is 39.2 Å². The second-order valence-electron chi connectivity index (χ2n) is 3.33. The summed E-state index contributed by atoms with van der Waals surface area (Å²) in [5.74, 6) is 5.72. The lowest BCUT2D eigenvalue weighted by Gasteiger charge is -2.11. The van der Waals surface area contributed by atoms with Gasteiger partial charge in [0.05, 0.1) is 0 Å². The molecule has 1 unspecified atom stereocenters. The molecule has 0 saturated carbocycles. The lowest BCUT2D eigenvalue weighted by Crippen LogP contribution is -2.08. The number of carbonyl (C=O) groups is 1. The highest BCUT2D eigenvalue weighted by atomic mass is 16.3. The van der Waals surface area contributed by atoms with Crippen LogP contribution in [0.25, 0.3) is 0 Å². The Bertz CT molecular complexity index is 300. The van der Waals surface area contributed by atoms with Crippen molar-refractivity contribution in [3.8, 4) is 11.8 Å². The van der Waals surface area contributed by atoms with Crippen LogP contribution < -0.4 is 0 Å². The van der Waals surface area contributed by atoms with Gasteiger partial charge < -0.3 is 5.11 Å². The first kappa shape index (κ1) is 10.0. The fraction of sp³-hybridized carbons (Fsp3) is 0.545. The van der Waals surface area contributed by atoms with Gasteiger partial charge in [-0.05, 0) is 26.7 Å². The number of hydrogen-bond acceptors (Lipinski definition) is 2. The molecule has 2 heteroatoms. The van der Waals surface area contributed by atoms with Crippen molar-refractivity contribution < 1.29 is 9.90 Å². The molecular weight excluding hydrogens is 164 g/mol. The van der Waals surface area contributed by atoms with Crippen LogP contribution >= 0.6 is 0 Å². The molecule has 0 aromatic carbocycles. The van der Waals surface area contributed by atoms with Crippen LogP contribution in [0.4, 0.5) is 0 Å². The van der Waals surface area contributed by atoms with Crippen LogP contribution in [0.5, 0.6) is 0 Å². The Morgan fingerprint density at radius 2 is 2.15 bits per heavy atom. The van der Waals surface area contributed by atoms with Crippen molar-refractivity contribution >= 4 is 5.78 Å². The molecule has 0 heterocycles. The van der Waals surface area contributed by atoms with E-state index < -0.39 is 6.10 Å². The van der Waals surface area contributed by atoms with E-state index in [4.69, 9.17) is 5.11 Å². The molecule has 70 valence electrons. The normalized spacial score (nSPS) is 19.5. The van der Waals surface area contributed by atoms with Gasteiger partial charge in [0.15, 0.2) is 5.78 Å². The molecule has 2 nitrogen and oxygen atoms in total. The number of rotatable bonds is 0. The van der Waals surface area contributed by atoms with E-state index in [-0.39, 0.29) is 5.78 Å². The molecule has 0 fully saturated rings. The number of hydrogen-bond donors (Lipinski definition) is 1. The molecule has 0 bridgehead atoms. The molecule has 1 N–H and O–H groups in total. The van der Waals surface area contributed by atoms with Gasteiger partial charge in [-0.1, -0.05) is 11.8 Å². The summed E-state index contributed by atoms with van der Waals surface area (Å²) in [6.07, 6.45) is 1.79. The lowest BCUT2D eigenvalue weighted by molar-refractivity contribution is -0.116. The van der Waals surface area contributed by atoms with Crippen molar-refractivity contribution in [2.24, 2.45) is 0 Å². The van der Waals surface area contributed by atoms with Crippen molar-refractivity contribution in [2.75, 3.05) is 0 Å². The Kier molecular flexibility index (Phi) is 3.27. The van der Waals surface area contributed by atoms with Crippen LogP contribution in [-0.4, -0.2) is 17.0 Å². The summed E-state index contributed by atoms with van der Waals surface area (Å²) in [5, 5.41) is 8.95. The van der Waals surface area contributed by atoms with Gasteiger partial charge in [0.25, 0.3) is 0 Å². The first-order valence-electron chi connectivity index (χ1n) is 4.54. The molecule has 13 heavy (non-hydrogen) atoms. The van der Waals surface area contributed by atoms with E-state index in [2.05, 4.69) is 11.8 Å². The Labute approximate surface area is 78.6 Å². The predicted molar refractivity (Wildman–Crippen MR) is 51.0 cm³/mol. The van der Waals surface area contributed by atoms with Crippen molar-refractivity contribution in [3.05, 3.63) is 11.1 Å². The van der Waals surface area contributed by atoms with Crippen molar-refractivity contribution in [1.82, 2.24) is 0 Å². The van der Waals surface area contributed by atoms with Crippen LogP contribution in [0.15, 0.2) is 11.1 Å². The first-order chi connectivity index (χ1) is 6.11. The highest BCUT2D eigenvalue weighted by Crippen LogP contribution is 2.20. The molecule has 1 atom stereocenters. The summed E-state index contributed by atoms with van der Waals surface area (Å²) in [6.45, 7) is 3.43. The van der Waals surface area contributed by atoms with E-state index in [9.17, 15) is 4.79 Å². The second-order valence-corrected chi connectivity index (χ2v) is 3.33. The predicted octanol–water partition coefficient (Wildman–Crippen LogP) is 1.44. The third-order valence-corrected chi connectivity index (χ3v) is 2.13. The minimum absolute atomic E-state index is 0.196. The topological polar surface area (TPSA) is 37.3 Å². The summed E-state index contributed by atoms with van der Waals surface area (Å²) in [7, 11) is 0. The summed E-state index contributed by atoms with van der Waals surface area (Å²) in [5.41, 5.74) is 1.68. The fourth-order valence-electron chi connectivity index (χ4n) is 1.32. The highest BCUT2D eigenvalue weighted by Gasteiger charge is 2.14. The average Bonchev–Trinajstić information content (AvgIpc) is 2.07. The zero-order valence-electron chi connectivity index (χ0n) is 8.05. The van der Waals surface area contributed by atoms with Gasteiger partial charge in [-0.2, -0.15) is 0 Å². The maximum absolute atomic E-state index is 11.3. The summed E-state index contributed by atoms with van der Waals surface area (Å²) < 4.78 is 0. The number of ketones is 1. The van der Waals surface area contributed by atoms with E-state index >= 15 is 0 Å². The van der Waals surface area contributed by atoms with Gasteiger partial charge in [0.2, 0.25) is 0 Å². The zero-order valence-corrected chi connectivity index (χ0v) is 8.05. The summed E-state index contributed by atoms with van der Waals surface area (Å²) in [4.78, 5) is 11.3. The molecule has 0 aliphatic heterocycles. The molecule has 0 aromatic heterocycles. The summed E-state index contributed by atoms with van der Waals surface area (Å²) in [6, 6.07) is 0. The second kappa shape index (κ2) is 4.25. The molecule has 0 radical (unpaired) electrons. The molecular formula is C11H14O2. The maximum Gasteiger partial charge on any atom is 0.159 e. The quantitative estimate of drug-likeness (QED) is 0.570. The van der Waals surface area contributed by atoms with Crippen LogP contribution in [0, 0.1) is 11.8 Å². The molecule has 1 rings (SSSR count). The summed E-state index contributed by atoms with van der Waals surface area (Å²) >= 11 is 0. The molecule has 1 aliphatic rings. The van der Waals surface area contributed by atoms with E-state index in [0.717, 1.165) is 24.0 Å². The monoisotopic (exact) mass is 178 g/mol. The van der Waals surface area contributed by atoms with E-state index in [0.29, 0.717) is 6.42 Å². The van der Waals surface area contributed by atoms with Crippen LogP contribution in [-0.2, 0) is 4.79 Å². The number of aliphatic hydroxyl groups is 1. The molecule has 0 aromatic rings. The Balaban J connectivity index is 2.85. The Morgan fingerprint density at radius 1 is 1.46 bits per heavy atom. The fourth-order valence-corrected chi connectivity index (χ4v) is 1.32. The van der Waals surface area contributed by atoms with Crippen LogP contribution in [0.1, 0.15) is 33.1 Å². The van der Waals surface area contributed by atoms with Gasteiger partial charge in [-0.3, -0.25) is 4.79 Å². The molecule has 1 aliphatic carbocycles. The minimum atomic E-state index is -0.614. The molecule has 0 spiro atoms. The van der Waals surface area contributed by atoms with Gasteiger partial charge in [-0.25, -0.2) is 0 Å². The van der Waals surface area contributed by atoms with Gasteiger partial charge in [0, 0.05) is 17.6 Å². The van der Waals surface area contributed by atoms with E-state index in [1.165, 1.54) is 0 Å². The van der Waals surface area contributed by atoms with Crippen LogP contribution in [0.2, 0.25) is 0 Å². The standard InChI is InChI=1S/C11H14O2/c1-8(12)6-7-10-4-3-5-11(13)9(10)2/h8,12H,3-5H2,1-2H3. The average molecular weight is 178 g/mol. The van der Waals surface area contributed by atoms with Crippen LogP contribution in [0.3, 0.4) is 0 Å². The Hall–Kier alpha value is -1.07. The zero-order chi connectivity index (χ0) is 9.84.